The van der Waals surface area contributed by atoms with Crippen LogP contribution in [0.3, 0.4) is 0 Å². The van der Waals surface area contributed by atoms with Crippen molar-refractivity contribution < 1.29 is 9.53 Å². The van der Waals surface area contributed by atoms with Crippen LogP contribution in [-0.4, -0.2) is 69.9 Å². The largest absolute Gasteiger partial charge is 0.496 e. The molecule has 3 heterocycles. The Kier molecular flexibility index (Phi) is 7.45. The Hall–Kier alpha value is -3.73. The van der Waals surface area contributed by atoms with Crippen LogP contribution in [0.15, 0.2) is 29.2 Å². The minimum Gasteiger partial charge on any atom is -0.496 e. The van der Waals surface area contributed by atoms with E-state index in [2.05, 4.69) is 32.6 Å². The first-order chi connectivity index (χ1) is 16.9. The molecule has 186 valence electrons. The van der Waals surface area contributed by atoms with Crippen molar-refractivity contribution in [3.8, 4) is 5.75 Å². The lowest BCUT2D eigenvalue weighted by atomic mass is 10.1. The topological polar surface area (TPSA) is 140 Å². The average molecular weight is 481 g/mol. The zero-order valence-corrected chi connectivity index (χ0v) is 20.4. The van der Waals surface area contributed by atoms with Crippen LogP contribution in [0.1, 0.15) is 42.6 Å². The number of fused-ring (bicyclic) bond motifs is 1. The van der Waals surface area contributed by atoms with Crippen LogP contribution >= 0.6 is 0 Å². The van der Waals surface area contributed by atoms with Gasteiger partial charge in [-0.25, -0.2) is 9.67 Å². The molecule has 1 fully saturated rings. The van der Waals surface area contributed by atoms with Gasteiger partial charge in [0, 0.05) is 43.3 Å². The molecule has 1 aliphatic heterocycles. The number of piperazine rings is 1. The molecule has 1 saturated heterocycles. The van der Waals surface area contributed by atoms with Crippen LogP contribution in [0.4, 0.5) is 11.8 Å². The predicted octanol–water partition coefficient (Wildman–Crippen LogP) is 1.47. The van der Waals surface area contributed by atoms with Gasteiger partial charge in [-0.05, 0) is 25.5 Å². The summed E-state index contributed by atoms with van der Waals surface area (Å²) in [6.07, 6.45) is 3.42. The number of amides is 1. The molecule has 1 aromatic carbocycles. The van der Waals surface area contributed by atoms with Crippen molar-refractivity contribution in [3.05, 3.63) is 45.9 Å². The van der Waals surface area contributed by atoms with Gasteiger partial charge < -0.3 is 26.0 Å². The summed E-state index contributed by atoms with van der Waals surface area (Å²) in [4.78, 5) is 36.6. The van der Waals surface area contributed by atoms with E-state index in [-0.39, 0.29) is 30.0 Å². The number of nitrogens with one attached hydrogen (secondary N) is 2. The van der Waals surface area contributed by atoms with Crippen LogP contribution in [0.2, 0.25) is 0 Å². The number of aromatic nitrogens is 4. The third kappa shape index (κ3) is 5.35. The number of nitrogens with two attached hydrogens (primary N) is 1. The third-order valence-electron chi connectivity index (χ3n) is 6.09. The van der Waals surface area contributed by atoms with Gasteiger partial charge in [0.2, 0.25) is 5.95 Å². The summed E-state index contributed by atoms with van der Waals surface area (Å²) in [5, 5.41) is 11.2. The van der Waals surface area contributed by atoms with Crippen LogP contribution in [0.5, 0.6) is 5.75 Å². The molecule has 0 aliphatic carbocycles. The van der Waals surface area contributed by atoms with Crippen molar-refractivity contribution in [1.29, 1.82) is 0 Å². The second kappa shape index (κ2) is 10.7. The zero-order valence-electron chi connectivity index (χ0n) is 20.4. The van der Waals surface area contributed by atoms with Crippen molar-refractivity contribution in [2.24, 2.45) is 0 Å². The summed E-state index contributed by atoms with van der Waals surface area (Å²) in [6.45, 7) is 7.17. The van der Waals surface area contributed by atoms with E-state index in [1.54, 1.807) is 25.3 Å². The Morgan fingerprint density at radius 3 is 2.77 bits per heavy atom. The van der Waals surface area contributed by atoms with Gasteiger partial charge in [0.1, 0.15) is 22.5 Å². The van der Waals surface area contributed by atoms with Crippen LogP contribution in [-0.2, 0) is 6.54 Å². The predicted molar refractivity (Wildman–Crippen MR) is 135 cm³/mol. The smallest absolute Gasteiger partial charge is 0.280 e. The number of rotatable bonds is 8. The summed E-state index contributed by atoms with van der Waals surface area (Å²) in [7, 11) is 1.54. The number of hydrogen-bond donors (Lipinski definition) is 3. The number of carbonyl (C=O) groups excluding carboxylic acids is 1. The van der Waals surface area contributed by atoms with Gasteiger partial charge in [0.25, 0.3) is 11.5 Å². The van der Waals surface area contributed by atoms with Gasteiger partial charge >= 0.3 is 0 Å². The van der Waals surface area contributed by atoms with Gasteiger partial charge in [-0.1, -0.05) is 19.4 Å². The number of hydrogen-bond acceptors (Lipinski definition) is 9. The molecule has 3 aromatic rings. The highest BCUT2D eigenvalue weighted by Gasteiger charge is 2.20. The van der Waals surface area contributed by atoms with Crippen LogP contribution < -0.4 is 26.7 Å². The Labute approximate surface area is 203 Å². The Balaban J connectivity index is 1.66. The third-order valence-corrected chi connectivity index (χ3v) is 6.09. The van der Waals surface area contributed by atoms with Gasteiger partial charge in [-0.15, -0.1) is 0 Å². The molecule has 0 radical (unpaired) electrons. The van der Waals surface area contributed by atoms with Gasteiger partial charge in [0.05, 0.1) is 19.9 Å². The number of anilines is 2. The molecule has 1 atom stereocenters. The van der Waals surface area contributed by atoms with Gasteiger partial charge in [-0.2, -0.15) is 10.1 Å². The highest BCUT2D eigenvalue weighted by molar-refractivity contribution is 5.95. The highest BCUT2D eigenvalue weighted by atomic mass is 16.5. The maximum atomic E-state index is 13.4. The minimum absolute atomic E-state index is 0.0380. The van der Waals surface area contributed by atoms with E-state index >= 15 is 0 Å². The number of benzene rings is 1. The number of carbonyl (C=O) groups is 1. The molecule has 4 N–H and O–H groups in total. The summed E-state index contributed by atoms with van der Waals surface area (Å²) in [5.74, 6) is 0.958. The number of ether oxygens (including phenoxy) is 1. The van der Waals surface area contributed by atoms with E-state index in [0.29, 0.717) is 41.1 Å². The van der Waals surface area contributed by atoms with E-state index in [0.717, 1.165) is 31.5 Å². The summed E-state index contributed by atoms with van der Waals surface area (Å²) >= 11 is 0. The first kappa shape index (κ1) is 24.4. The van der Waals surface area contributed by atoms with Crippen LogP contribution in [0, 0.1) is 0 Å². The number of nitrogen functional groups attached to an aromatic ring is 1. The fourth-order valence-corrected chi connectivity index (χ4v) is 4.28. The molecule has 4 rings (SSSR count). The monoisotopic (exact) mass is 480 g/mol. The zero-order chi connectivity index (χ0) is 24.9. The maximum absolute atomic E-state index is 13.4. The molecule has 2 aromatic heterocycles. The van der Waals surface area contributed by atoms with Gasteiger partial charge in [0.15, 0.2) is 0 Å². The summed E-state index contributed by atoms with van der Waals surface area (Å²) in [6, 6.07) is 5.39. The molecule has 11 nitrogen and oxygen atoms in total. The summed E-state index contributed by atoms with van der Waals surface area (Å²) in [5.41, 5.74) is 7.19. The molecule has 35 heavy (non-hydrogen) atoms. The van der Waals surface area contributed by atoms with Crippen molar-refractivity contribution >= 4 is 28.6 Å². The molecule has 0 unspecified atom stereocenters. The molecule has 11 heteroatoms. The van der Waals surface area contributed by atoms with Crippen molar-refractivity contribution in [2.75, 3.05) is 44.3 Å². The number of methoxy groups -OCH3 is 1. The molecular weight excluding hydrogens is 448 g/mol. The highest BCUT2D eigenvalue weighted by Crippen LogP contribution is 2.23. The van der Waals surface area contributed by atoms with E-state index < -0.39 is 0 Å². The quantitative estimate of drug-likeness (QED) is 0.437. The summed E-state index contributed by atoms with van der Waals surface area (Å²) < 4.78 is 6.90. The van der Waals surface area contributed by atoms with E-state index in [4.69, 9.17) is 10.5 Å². The fourth-order valence-electron chi connectivity index (χ4n) is 4.28. The number of nitrogens with zero attached hydrogens (tertiary/aromatic N) is 5. The first-order valence-electron chi connectivity index (χ1n) is 11.9. The molecular formula is C24H32N8O3. The van der Waals surface area contributed by atoms with Crippen LogP contribution in [0.25, 0.3) is 10.9 Å². The Morgan fingerprint density at radius 1 is 1.29 bits per heavy atom. The normalized spacial score (nSPS) is 14.7. The lowest BCUT2D eigenvalue weighted by Crippen LogP contribution is -2.46. The molecule has 1 amide bonds. The van der Waals surface area contributed by atoms with E-state index in [1.807, 2.05) is 11.8 Å². The Morgan fingerprint density at radius 2 is 2.06 bits per heavy atom. The maximum Gasteiger partial charge on any atom is 0.280 e. The molecule has 1 aliphatic rings. The molecule has 0 bridgehead atoms. The lowest BCUT2D eigenvalue weighted by molar-refractivity contribution is 0.0735. The standard InChI is InChI=1S/C24H32N8O3/c1-4-5-15(2)28-21-20-18(29-24(25)30-21)13-27-32(23(20)34)14-17-7-6-16(12-19(17)35-3)22(33)31-10-8-26-9-11-31/h6-7,12-13,15,26H,4-5,8-11,14H2,1-3H3,(H3,25,28,29,30)/t15-/m1/s1. The Bertz CT molecular complexity index is 1270. The van der Waals surface area contributed by atoms with Crippen molar-refractivity contribution in [1.82, 2.24) is 30.0 Å². The van der Waals surface area contributed by atoms with Crippen molar-refractivity contribution in [2.45, 2.75) is 39.3 Å². The fraction of sp³-hybridized carbons (Fsp3) is 0.458. The van der Waals surface area contributed by atoms with E-state index in [9.17, 15) is 9.59 Å². The first-order valence-corrected chi connectivity index (χ1v) is 11.9. The molecule has 0 spiro atoms. The minimum atomic E-state index is -0.336. The van der Waals surface area contributed by atoms with Gasteiger partial charge in [-0.3, -0.25) is 9.59 Å². The SMILES string of the molecule is CCC[C@@H](C)Nc1nc(N)nc2cnn(Cc3ccc(C(=O)N4CCNCC4)cc3OC)c(=O)c12. The average Bonchev–Trinajstić information content (AvgIpc) is 2.85. The molecule has 0 saturated carbocycles. The second-order valence-corrected chi connectivity index (χ2v) is 8.70. The lowest BCUT2D eigenvalue weighted by Gasteiger charge is -2.27. The van der Waals surface area contributed by atoms with Crippen molar-refractivity contribution in [3.63, 3.8) is 0 Å². The second-order valence-electron chi connectivity index (χ2n) is 8.70. The van der Waals surface area contributed by atoms with E-state index in [1.165, 1.54) is 10.9 Å².